The van der Waals surface area contributed by atoms with Crippen LogP contribution < -0.4 is 0 Å². The van der Waals surface area contributed by atoms with Gasteiger partial charge in [-0.3, -0.25) is 0 Å². The monoisotopic (exact) mass is 955 g/mol. The van der Waals surface area contributed by atoms with Gasteiger partial charge < -0.3 is 20.8 Å². The van der Waals surface area contributed by atoms with Crippen molar-refractivity contribution in [2.24, 2.45) is 0 Å². The van der Waals surface area contributed by atoms with Gasteiger partial charge in [0.15, 0.2) is 0 Å². The second kappa shape index (κ2) is 78.0. The zero-order valence-corrected chi connectivity index (χ0v) is 49.3. The molecule has 1 heteroatoms. The lowest BCUT2D eigenvalue weighted by molar-refractivity contribution is 0.523. The standard InChI is InChI=1S/3C22H45.Al/c3*1-3-5-7-9-11-13-15-17-19-21-22-20-18-16-14-12-10-8-6-4-2;/h3*1,3-22H2,2H3;/q3*-1;. The maximum Gasteiger partial charge on any atom is 0 e. The summed E-state index contributed by atoms with van der Waals surface area (Å²) in [4.78, 5) is 0. The van der Waals surface area contributed by atoms with Crippen LogP contribution in [0.15, 0.2) is 0 Å². The van der Waals surface area contributed by atoms with Crippen molar-refractivity contribution < 1.29 is 0 Å². The highest BCUT2D eigenvalue weighted by Gasteiger charge is 1.98. The van der Waals surface area contributed by atoms with Crippen LogP contribution in [0.1, 0.15) is 406 Å². The lowest BCUT2D eigenvalue weighted by Gasteiger charge is -2.04. The zero-order valence-electron chi connectivity index (χ0n) is 48.1. The van der Waals surface area contributed by atoms with Gasteiger partial charge in [0.2, 0.25) is 0 Å². The smallest absolute Gasteiger partial charge is 0 e. The van der Waals surface area contributed by atoms with Crippen molar-refractivity contribution in [3.63, 3.8) is 0 Å². The van der Waals surface area contributed by atoms with Gasteiger partial charge in [0.25, 0.3) is 0 Å². The number of hydrogen-bond donors (Lipinski definition) is 0. The first-order chi connectivity index (χ1) is 32.7. The molecule has 0 nitrogen and oxygen atoms in total. The molecule has 0 saturated carbocycles. The molecule has 0 heterocycles. The van der Waals surface area contributed by atoms with E-state index < -0.39 is 0 Å². The van der Waals surface area contributed by atoms with Crippen molar-refractivity contribution in [1.82, 2.24) is 0 Å². The molecule has 0 aromatic heterocycles. The molecule has 0 rings (SSSR count). The fourth-order valence-electron chi connectivity index (χ4n) is 9.77. The maximum atomic E-state index is 3.90. The van der Waals surface area contributed by atoms with Crippen LogP contribution in [0, 0.1) is 20.8 Å². The lowest BCUT2D eigenvalue weighted by Crippen LogP contribution is -1.84. The van der Waals surface area contributed by atoms with Crippen LogP contribution >= 0.6 is 0 Å². The summed E-state index contributed by atoms with van der Waals surface area (Å²) in [6.07, 6.45) is 86.4. The predicted octanol–water partition coefficient (Wildman–Crippen LogP) is 25.5. The first-order valence-electron chi connectivity index (χ1n) is 32.1. The molecule has 0 aromatic rings. The van der Waals surface area contributed by atoms with Gasteiger partial charge >= 0.3 is 0 Å². The Balaban J connectivity index is -0.000000441. The molecule has 0 saturated heterocycles. The van der Waals surface area contributed by atoms with E-state index in [0.717, 1.165) is 19.3 Å². The van der Waals surface area contributed by atoms with Crippen LogP contribution in [0.5, 0.6) is 0 Å². The Morgan fingerprint density at radius 3 is 0.284 bits per heavy atom. The first kappa shape index (κ1) is 74.1. The van der Waals surface area contributed by atoms with E-state index in [0.29, 0.717) is 0 Å². The molecule has 0 amide bonds. The fourth-order valence-corrected chi connectivity index (χ4v) is 9.77. The Labute approximate surface area is 441 Å². The largest absolute Gasteiger partial charge is 0.343 e. The van der Waals surface area contributed by atoms with Crippen molar-refractivity contribution in [1.29, 1.82) is 0 Å². The van der Waals surface area contributed by atoms with Gasteiger partial charge in [-0.1, -0.05) is 387 Å². The normalized spacial score (nSPS) is 11.0. The van der Waals surface area contributed by atoms with Gasteiger partial charge in [0.1, 0.15) is 0 Å². The van der Waals surface area contributed by atoms with E-state index >= 15 is 0 Å². The van der Waals surface area contributed by atoms with Gasteiger partial charge in [-0.05, 0) is 0 Å². The summed E-state index contributed by atoms with van der Waals surface area (Å²) >= 11 is 0. The molecule has 0 N–H and O–H groups in total. The van der Waals surface area contributed by atoms with Crippen LogP contribution in [0.3, 0.4) is 0 Å². The molecule has 0 fully saturated rings. The Kier molecular flexibility index (Phi) is 86.2. The molecule has 0 aliphatic heterocycles. The highest BCUT2D eigenvalue weighted by Crippen LogP contribution is 2.18. The average molecular weight is 956 g/mol. The van der Waals surface area contributed by atoms with Crippen LogP contribution in [-0.4, -0.2) is 17.4 Å². The van der Waals surface area contributed by atoms with Gasteiger partial charge in [-0.2, -0.15) is 19.3 Å². The molecule has 405 valence electrons. The summed E-state index contributed by atoms with van der Waals surface area (Å²) in [6.45, 7) is 18.6. The lowest BCUT2D eigenvalue weighted by atomic mass is 10.0. The predicted molar refractivity (Wildman–Crippen MR) is 316 cm³/mol. The van der Waals surface area contributed by atoms with Crippen LogP contribution in [0.25, 0.3) is 0 Å². The highest BCUT2D eigenvalue weighted by atomic mass is 27.0. The molecular formula is C66H135Al-3. The summed E-state index contributed by atoms with van der Waals surface area (Å²) in [5.74, 6) is 0. The molecule has 0 aliphatic carbocycles. The average Bonchev–Trinajstić information content (AvgIpc) is 3.33. The molecule has 0 unspecified atom stereocenters. The molecule has 0 bridgehead atoms. The Hall–Kier alpha value is 0.532. The summed E-state index contributed by atoms with van der Waals surface area (Å²) in [7, 11) is 0. The van der Waals surface area contributed by atoms with E-state index in [4.69, 9.17) is 0 Å². The summed E-state index contributed by atoms with van der Waals surface area (Å²) < 4.78 is 0. The van der Waals surface area contributed by atoms with Crippen LogP contribution in [0.2, 0.25) is 0 Å². The third-order valence-corrected chi connectivity index (χ3v) is 14.6. The third-order valence-electron chi connectivity index (χ3n) is 14.6. The van der Waals surface area contributed by atoms with Gasteiger partial charge in [0, 0.05) is 17.4 Å². The zero-order chi connectivity index (χ0) is 48.4. The van der Waals surface area contributed by atoms with Gasteiger partial charge in [-0.25, -0.2) is 0 Å². The van der Waals surface area contributed by atoms with Gasteiger partial charge in [-0.15, -0.1) is 0 Å². The molecule has 0 spiro atoms. The number of rotatable bonds is 57. The molecule has 0 aromatic carbocycles. The molecule has 0 atom stereocenters. The highest BCUT2D eigenvalue weighted by molar-refractivity contribution is 5.75. The van der Waals surface area contributed by atoms with Crippen LogP contribution in [-0.2, 0) is 0 Å². The number of unbranched alkanes of at least 4 members (excludes halogenated alkanes) is 57. The van der Waals surface area contributed by atoms with Crippen molar-refractivity contribution in [2.45, 2.75) is 406 Å². The summed E-state index contributed by atoms with van der Waals surface area (Å²) in [5.41, 5.74) is 0. The van der Waals surface area contributed by atoms with E-state index in [1.165, 1.54) is 366 Å². The Bertz CT molecular complexity index is 561. The molecule has 3 radical (unpaired) electrons. The summed E-state index contributed by atoms with van der Waals surface area (Å²) in [5, 5.41) is 0. The Morgan fingerprint density at radius 1 is 0.134 bits per heavy atom. The van der Waals surface area contributed by atoms with E-state index in [1.54, 1.807) is 0 Å². The molecule has 0 aliphatic rings. The second-order valence-electron chi connectivity index (χ2n) is 21.7. The SMILES string of the molecule is [Al].[CH2-]CCCCCCCCCCCCCCCCCCCCC.[CH2-]CCCCCCCCCCCCCCCCCCCCC.[CH2-]CCCCCCCCCCCCCCCCCCCCC. The minimum absolute atomic E-state index is 0. The van der Waals surface area contributed by atoms with E-state index in [2.05, 4.69) is 41.5 Å². The van der Waals surface area contributed by atoms with E-state index in [-0.39, 0.29) is 17.4 Å². The number of hydrogen-bond acceptors (Lipinski definition) is 0. The maximum absolute atomic E-state index is 3.90. The van der Waals surface area contributed by atoms with Crippen LogP contribution in [0.4, 0.5) is 0 Å². The quantitative estimate of drug-likeness (QED) is 0.0324. The summed E-state index contributed by atoms with van der Waals surface area (Å²) in [6, 6.07) is 0. The van der Waals surface area contributed by atoms with Gasteiger partial charge in [0.05, 0.1) is 0 Å². The Morgan fingerprint density at radius 2 is 0.209 bits per heavy atom. The second-order valence-corrected chi connectivity index (χ2v) is 21.7. The third kappa shape index (κ3) is 83.7. The minimum atomic E-state index is 0. The van der Waals surface area contributed by atoms with Crippen molar-refractivity contribution in [3.8, 4) is 0 Å². The molecule has 67 heavy (non-hydrogen) atoms. The van der Waals surface area contributed by atoms with Crippen molar-refractivity contribution in [3.05, 3.63) is 20.8 Å². The molecular weight excluding hydrogens is 820 g/mol. The first-order valence-corrected chi connectivity index (χ1v) is 32.1. The van der Waals surface area contributed by atoms with E-state index in [1.807, 2.05) is 0 Å². The van der Waals surface area contributed by atoms with Crippen molar-refractivity contribution in [2.75, 3.05) is 0 Å². The minimum Gasteiger partial charge on any atom is -0.343 e. The fraction of sp³-hybridized carbons (Fsp3) is 0.955. The topological polar surface area (TPSA) is 0 Å². The van der Waals surface area contributed by atoms with E-state index in [9.17, 15) is 0 Å². The van der Waals surface area contributed by atoms with Crippen molar-refractivity contribution >= 4 is 17.4 Å².